The fourth-order valence-corrected chi connectivity index (χ4v) is 3.50. The van der Waals surface area contributed by atoms with Crippen molar-refractivity contribution >= 4 is 29.0 Å². The van der Waals surface area contributed by atoms with Gasteiger partial charge in [-0.2, -0.15) is 26.3 Å². The van der Waals surface area contributed by atoms with Gasteiger partial charge in [0.15, 0.2) is 5.70 Å². The largest absolute Gasteiger partial charge is 0.478 e. The summed E-state index contributed by atoms with van der Waals surface area (Å²) in [6, 6.07) is 4.71. The van der Waals surface area contributed by atoms with Crippen LogP contribution in [0.2, 0.25) is 5.02 Å². The number of nitrogens with zero attached hydrogens (tertiary/aromatic N) is 1. The van der Waals surface area contributed by atoms with Gasteiger partial charge in [0.05, 0.1) is 22.5 Å². The zero-order chi connectivity index (χ0) is 25.5. The summed E-state index contributed by atoms with van der Waals surface area (Å²) in [6.45, 7) is 2.40. The predicted molar refractivity (Wildman–Crippen MR) is 107 cm³/mol. The molecule has 0 heterocycles. The second kappa shape index (κ2) is 8.84. The second-order valence-electron chi connectivity index (χ2n) is 7.17. The Morgan fingerprint density at radius 3 is 1.94 bits per heavy atom. The lowest BCUT2D eigenvalue weighted by Gasteiger charge is -2.31. The molecular formula is C20H18ClF7N3O2+. The fraction of sp³-hybridized carbons (Fsp3) is 0.250. The molecule has 2 rings (SSSR count). The van der Waals surface area contributed by atoms with Crippen molar-refractivity contribution in [3.05, 3.63) is 69.4 Å². The van der Waals surface area contributed by atoms with Gasteiger partial charge < -0.3 is 10.8 Å². The van der Waals surface area contributed by atoms with Crippen molar-refractivity contribution in [1.29, 1.82) is 0 Å². The van der Waals surface area contributed by atoms with E-state index in [1.807, 2.05) is 0 Å². The summed E-state index contributed by atoms with van der Waals surface area (Å²) in [5.74, 6) is 4.57. The Morgan fingerprint density at radius 2 is 1.52 bits per heavy atom. The number of hydrogen-bond donors (Lipinski definition) is 3. The van der Waals surface area contributed by atoms with Crippen molar-refractivity contribution in [2.24, 2.45) is 5.84 Å². The quantitative estimate of drug-likeness (QED) is 0.310. The molecule has 0 aliphatic carbocycles. The molecule has 0 saturated carbocycles. The van der Waals surface area contributed by atoms with E-state index < -0.39 is 29.6 Å². The van der Waals surface area contributed by atoms with Crippen molar-refractivity contribution in [2.75, 3.05) is 5.01 Å². The number of rotatable bonds is 5. The molecule has 13 heteroatoms. The van der Waals surface area contributed by atoms with Crippen molar-refractivity contribution in [2.45, 2.75) is 31.9 Å². The van der Waals surface area contributed by atoms with Crippen LogP contribution in [-0.2, 0) is 5.67 Å². The van der Waals surface area contributed by atoms with Crippen molar-refractivity contribution < 1.29 is 46.4 Å². The number of carbonyl (C=O) groups is 1. The molecule has 0 bridgehead atoms. The van der Waals surface area contributed by atoms with Crippen molar-refractivity contribution in [3.63, 3.8) is 0 Å². The summed E-state index contributed by atoms with van der Waals surface area (Å²) < 4.78 is 93.0. The Labute approximate surface area is 188 Å². The van der Waals surface area contributed by atoms with Gasteiger partial charge in [-0.3, -0.25) is 5.01 Å². The molecule has 0 saturated heterocycles. The smallest absolute Gasteiger partial charge is 0.435 e. The monoisotopic (exact) mass is 500 g/mol. The van der Waals surface area contributed by atoms with Crippen LogP contribution in [0.3, 0.4) is 0 Å². The molecule has 0 unspecified atom stereocenters. The molecule has 5 nitrogen and oxygen atoms in total. The Kier molecular flexibility index (Phi) is 7.08. The molecule has 0 aromatic heterocycles. The molecule has 2 aromatic carbocycles. The Hall–Kier alpha value is -2.83. The van der Waals surface area contributed by atoms with Gasteiger partial charge >= 0.3 is 24.0 Å². The summed E-state index contributed by atoms with van der Waals surface area (Å²) in [4.78, 5) is 11.2. The molecule has 0 atom stereocenters. The number of anilines is 1. The van der Waals surface area contributed by atoms with Crippen LogP contribution in [0.4, 0.5) is 36.4 Å². The highest BCUT2D eigenvalue weighted by Gasteiger charge is 2.73. The van der Waals surface area contributed by atoms with Crippen LogP contribution in [0.25, 0.3) is 5.70 Å². The number of benzene rings is 2. The number of alkyl halides is 7. The Morgan fingerprint density at radius 1 is 1.03 bits per heavy atom. The predicted octanol–water partition coefficient (Wildman–Crippen LogP) is 4.87. The third-order valence-electron chi connectivity index (χ3n) is 4.81. The maximum atomic E-state index is 14.4. The van der Waals surface area contributed by atoms with E-state index in [1.165, 1.54) is 32.2 Å². The molecule has 6 N–H and O–H groups in total. The summed E-state index contributed by atoms with van der Waals surface area (Å²) in [5, 5.41) is 10.0. The zero-order valence-electron chi connectivity index (χ0n) is 17.1. The minimum absolute atomic E-state index is 0.0511. The lowest BCUT2D eigenvalue weighted by Crippen LogP contribution is -2.51. The topological polar surface area (TPSA) is 94.2 Å². The van der Waals surface area contributed by atoms with Crippen LogP contribution in [0, 0.1) is 13.8 Å². The van der Waals surface area contributed by atoms with Gasteiger partial charge in [-0.1, -0.05) is 23.7 Å². The minimum Gasteiger partial charge on any atom is -0.478 e. The number of hydrazine groups is 1. The highest BCUT2D eigenvalue weighted by Crippen LogP contribution is 2.53. The summed E-state index contributed by atoms with van der Waals surface area (Å²) in [5.41, 5.74) is -3.58. The third kappa shape index (κ3) is 4.92. The molecule has 0 amide bonds. The van der Waals surface area contributed by atoms with Crippen LogP contribution in [-0.4, -0.2) is 23.4 Å². The fourth-order valence-electron chi connectivity index (χ4n) is 3.30. The van der Waals surface area contributed by atoms with Gasteiger partial charge in [-0.25, -0.2) is 15.0 Å². The van der Waals surface area contributed by atoms with E-state index in [2.05, 4.69) is 5.73 Å². The number of halogens is 8. The van der Waals surface area contributed by atoms with E-state index in [1.54, 1.807) is 0 Å². The van der Waals surface area contributed by atoms with Gasteiger partial charge in [0.1, 0.15) is 0 Å². The third-order valence-corrected chi connectivity index (χ3v) is 5.14. The molecule has 0 spiro atoms. The Bertz CT molecular complexity index is 1080. The number of quaternary nitrogens is 1. The summed E-state index contributed by atoms with van der Waals surface area (Å²) in [7, 11) is 0. The highest BCUT2D eigenvalue weighted by molar-refractivity contribution is 6.33. The first-order chi connectivity index (χ1) is 14.9. The van der Waals surface area contributed by atoms with Crippen LogP contribution in [0.1, 0.15) is 32.6 Å². The molecule has 0 aliphatic rings. The summed E-state index contributed by atoms with van der Waals surface area (Å²) in [6.07, 6.45) is -11.3. The number of hydrogen-bond acceptors (Lipinski definition) is 3. The normalized spacial score (nSPS) is 13.3. The van der Waals surface area contributed by atoms with Crippen LogP contribution in [0.15, 0.2) is 36.5 Å². The van der Waals surface area contributed by atoms with E-state index in [4.69, 9.17) is 22.6 Å². The number of aromatic carboxylic acids is 1. The van der Waals surface area contributed by atoms with Crippen molar-refractivity contribution in [3.8, 4) is 0 Å². The zero-order valence-corrected chi connectivity index (χ0v) is 17.8. The first-order valence-electron chi connectivity index (χ1n) is 8.96. The van der Waals surface area contributed by atoms with Crippen LogP contribution < -0.4 is 16.6 Å². The molecule has 33 heavy (non-hydrogen) atoms. The van der Waals surface area contributed by atoms with Crippen molar-refractivity contribution in [1.82, 2.24) is 0 Å². The maximum absolute atomic E-state index is 14.4. The number of carboxylic acid groups (broad SMARTS) is 1. The highest BCUT2D eigenvalue weighted by atomic mass is 35.5. The first kappa shape index (κ1) is 26.4. The molecule has 0 fully saturated rings. The average Bonchev–Trinajstić information content (AvgIpc) is 2.64. The van der Waals surface area contributed by atoms with E-state index in [-0.39, 0.29) is 38.7 Å². The molecule has 0 aliphatic heterocycles. The van der Waals surface area contributed by atoms with E-state index in [0.717, 1.165) is 11.1 Å². The van der Waals surface area contributed by atoms with Crippen LogP contribution >= 0.6 is 11.6 Å². The average molecular weight is 501 g/mol. The SMILES string of the molecule is Cc1cc(C(F)(C(F)(F)F)C(F)(F)F)cc(C)c1C([NH3+])=CN(N)c1ccc(Cl)c(C(=O)O)c1. The number of nitrogens with two attached hydrogens (primary N) is 1. The molecule has 180 valence electrons. The van der Waals surface area contributed by atoms with Gasteiger partial charge in [-0.15, -0.1) is 0 Å². The number of carboxylic acids is 1. The van der Waals surface area contributed by atoms with E-state index in [9.17, 15) is 35.5 Å². The van der Waals surface area contributed by atoms with Crippen LogP contribution in [0.5, 0.6) is 0 Å². The van der Waals surface area contributed by atoms with E-state index >= 15 is 0 Å². The second-order valence-corrected chi connectivity index (χ2v) is 7.58. The number of aryl methyl sites for hydroxylation is 2. The van der Waals surface area contributed by atoms with Gasteiger partial charge in [0, 0.05) is 11.1 Å². The standard InChI is InChI=1S/C20H17ClF7N3O2/c1-9-5-11(18(22,19(23,24)25)20(26,27)28)6-10(2)16(9)15(29)8-31(30)12-3-4-14(21)13(7-12)17(32)33/h3-8H,29-30H2,1-2H3,(H,32,33)/p+1. The molecule has 0 radical (unpaired) electrons. The lowest BCUT2D eigenvalue weighted by molar-refractivity contribution is -0.348. The summed E-state index contributed by atoms with van der Waals surface area (Å²) >= 11 is 5.80. The first-order valence-corrected chi connectivity index (χ1v) is 9.34. The molecule has 2 aromatic rings. The Balaban J connectivity index is 2.55. The van der Waals surface area contributed by atoms with Gasteiger partial charge in [-0.05, 0) is 43.2 Å². The van der Waals surface area contributed by atoms with Gasteiger partial charge in [0.2, 0.25) is 0 Å². The minimum atomic E-state index is -6.24. The van der Waals surface area contributed by atoms with E-state index in [0.29, 0.717) is 12.1 Å². The molecular weight excluding hydrogens is 483 g/mol. The van der Waals surface area contributed by atoms with Gasteiger partial charge in [0.25, 0.3) is 0 Å². The lowest BCUT2D eigenvalue weighted by atomic mass is 9.88. The maximum Gasteiger partial charge on any atom is 0.435 e.